The van der Waals surface area contributed by atoms with Crippen molar-refractivity contribution in [3.8, 4) is 0 Å². The van der Waals surface area contributed by atoms with Crippen LogP contribution in [0, 0.1) is 0 Å². The Balaban J connectivity index is 0.000000707. The molecule has 1 aliphatic heterocycles. The third kappa shape index (κ3) is 4.78. The number of amides is 1. The van der Waals surface area contributed by atoms with Gasteiger partial charge in [0.05, 0.1) is 29.5 Å². The fourth-order valence-electron chi connectivity index (χ4n) is 3.47. The van der Waals surface area contributed by atoms with E-state index in [0.717, 1.165) is 37.1 Å². The quantitative estimate of drug-likeness (QED) is 0.721. The molecule has 0 saturated heterocycles. The third-order valence-corrected chi connectivity index (χ3v) is 5.05. The summed E-state index contributed by atoms with van der Waals surface area (Å²) >= 11 is 0. The van der Waals surface area contributed by atoms with Crippen molar-refractivity contribution in [1.29, 1.82) is 0 Å². The molecule has 2 aromatic rings. The van der Waals surface area contributed by atoms with Crippen LogP contribution in [0.5, 0.6) is 0 Å². The summed E-state index contributed by atoms with van der Waals surface area (Å²) in [7, 11) is 1.37. The normalized spacial score (nSPS) is 14.7. The summed E-state index contributed by atoms with van der Waals surface area (Å²) in [4.78, 5) is 24.4. The second-order valence-electron chi connectivity index (χ2n) is 6.62. The monoisotopic (exact) mass is 396 g/mol. The average Bonchev–Trinajstić information content (AvgIpc) is 3.40. The molecule has 1 saturated carbocycles. The number of fused-ring (bicyclic) bond motifs is 1. The second-order valence-corrected chi connectivity index (χ2v) is 6.62. The summed E-state index contributed by atoms with van der Waals surface area (Å²) in [5, 5.41) is 6.51. The van der Waals surface area contributed by atoms with Crippen molar-refractivity contribution < 1.29 is 14.3 Å². The van der Waals surface area contributed by atoms with E-state index in [0.29, 0.717) is 11.1 Å². The lowest BCUT2D eigenvalue weighted by atomic mass is 10.0. The minimum absolute atomic E-state index is 0.0548. The number of anilines is 1. The number of hydrogen-bond donors (Lipinski definition) is 2. The molecule has 5 heteroatoms. The van der Waals surface area contributed by atoms with E-state index in [1.54, 1.807) is 12.1 Å². The summed E-state index contributed by atoms with van der Waals surface area (Å²) in [6.07, 6.45) is 2.76. The van der Waals surface area contributed by atoms with Crippen LogP contribution in [0.25, 0.3) is 0 Å². The Kier molecular flexibility index (Phi) is 7.82. The Morgan fingerprint density at radius 2 is 1.66 bits per heavy atom. The average molecular weight is 397 g/mol. The van der Waals surface area contributed by atoms with Gasteiger partial charge in [0, 0.05) is 6.54 Å². The van der Waals surface area contributed by atoms with Gasteiger partial charge >= 0.3 is 5.97 Å². The number of para-hydroxylation sites is 1. The van der Waals surface area contributed by atoms with Crippen LogP contribution in [0.4, 0.5) is 5.69 Å². The summed E-state index contributed by atoms with van der Waals surface area (Å²) in [6, 6.07) is 13.1. The first-order chi connectivity index (χ1) is 14.1. The van der Waals surface area contributed by atoms with Crippen LogP contribution in [0.3, 0.4) is 0 Å². The van der Waals surface area contributed by atoms with Gasteiger partial charge in [0.25, 0.3) is 5.91 Å². The molecule has 0 radical (unpaired) electrons. The predicted octanol–water partition coefficient (Wildman–Crippen LogP) is 4.91. The van der Waals surface area contributed by atoms with Crippen LogP contribution in [0.15, 0.2) is 42.5 Å². The molecule has 1 fully saturated rings. The van der Waals surface area contributed by atoms with Gasteiger partial charge < -0.3 is 15.4 Å². The fourth-order valence-corrected chi connectivity index (χ4v) is 3.47. The number of benzene rings is 2. The number of carbonyl (C=O) groups excluding carboxylic acids is 2. The lowest BCUT2D eigenvalue weighted by Crippen LogP contribution is -2.35. The Bertz CT molecular complexity index is 840. The standard InChI is InChI=1S/C20H20N2O3.2C2H6/c1-25-19(24)14-5-7-15(8-6-14)20(10-11-20)22-18(23)16-4-2-3-13-9-12-21-17(13)16;2*1-2/h2-8,21H,9-12H2,1H3,(H,22,23);2*1-2H3. The van der Waals surface area contributed by atoms with E-state index >= 15 is 0 Å². The first-order valence-electron chi connectivity index (χ1n) is 10.5. The summed E-state index contributed by atoms with van der Waals surface area (Å²) < 4.78 is 4.73. The highest BCUT2D eigenvalue weighted by molar-refractivity contribution is 6.01. The highest BCUT2D eigenvalue weighted by Crippen LogP contribution is 2.46. The van der Waals surface area contributed by atoms with Gasteiger partial charge in [0.2, 0.25) is 0 Å². The molecule has 2 aliphatic rings. The molecule has 2 aromatic carbocycles. The SMILES string of the molecule is CC.CC.COC(=O)c1ccc(C2(NC(=O)c3cccc4c3NCC4)CC2)cc1. The summed E-state index contributed by atoms with van der Waals surface area (Å²) in [5.74, 6) is -0.410. The van der Waals surface area contributed by atoms with E-state index in [1.165, 1.54) is 12.7 Å². The zero-order chi connectivity index (χ0) is 21.4. The smallest absolute Gasteiger partial charge is 0.337 e. The number of esters is 1. The number of ether oxygens (including phenoxy) is 1. The van der Waals surface area contributed by atoms with Crippen molar-refractivity contribution in [1.82, 2.24) is 5.32 Å². The van der Waals surface area contributed by atoms with Crippen molar-refractivity contribution in [2.45, 2.75) is 52.5 Å². The van der Waals surface area contributed by atoms with Crippen LogP contribution < -0.4 is 10.6 Å². The van der Waals surface area contributed by atoms with E-state index in [-0.39, 0.29) is 17.4 Å². The van der Waals surface area contributed by atoms with Crippen LogP contribution >= 0.6 is 0 Å². The van der Waals surface area contributed by atoms with E-state index in [9.17, 15) is 9.59 Å². The molecule has 1 amide bonds. The van der Waals surface area contributed by atoms with Crippen molar-refractivity contribution in [3.05, 3.63) is 64.7 Å². The molecule has 2 N–H and O–H groups in total. The van der Waals surface area contributed by atoms with Crippen LogP contribution in [-0.2, 0) is 16.7 Å². The highest BCUT2D eigenvalue weighted by atomic mass is 16.5. The topological polar surface area (TPSA) is 67.4 Å². The van der Waals surface area contributed by atoms with Crippen molar-refractivity contribution >= 4 is 17.6 Å². The van der Waals surface area contributed by atoms with Crippen molar-refractivity contribution in [3.63, 3.8) is 0 Å². The fraction of sp³-hybridized carbons (Fsp3) is 0.417. The van der Waals surface area contributed by atoms with Crippen molar-refractivity contribution in [2.75, 3.05) is 19.0 Å². The maximum atomic E-state index is 12.8. The Morgan fingerprint density at radius 1 is 1.00 bits per heavy atom. The van der Waals surface area contributed by atoms with Gasteiger partial charge in [-0.3, -0.25) is 4.79 Å². The number of nitrogens with one attached hydrogen (secondary N) is 2. The molecule has 5 nitrogen and oxygen atoms in total. The molecule has 0 bridgehead atoms. The lowest BCUT2D eigenvalue weighted by molar-refractivity contribution is 0.0600. The van der Waals surface area contributed by atoms with Crippen molar-refractivity contribution in [2.24, 2.45) is 0 Å². The molecule has 0 aromatic heterocycles. The van der Waals surface area contributed by atoms with Gasteiger partial charge in [-0.05, 0) is 48.6 Å². The van der Waals surface area contributed by atoms with Crippen LogP contribution in [0.2, 0.25) is 0 Å². The largest absolute Gasteiger partial charge is 0.465 e. The Morgan fingerprint density at radius 3 is 2.24 bits per heavy atom. The Hall–Kier alpha value is -2.82. The van der Waals surface area contributed by atoms with Gasteiger partial charge in [-0.15, -0.1) is 0 Å². The van der Waals surface area contributed by atoms with Gasteiger partial charge in [0.15, 0.2) is 0 Å². The number of rotatable bonds is 4. The van der Waals surface area contributed by atoms with Crippen LogP contribution in [-0.4, -0.2) is 25.5 Å². The molecule has 1 aliphatic carbocycles. The molecule has 0 spiro atoms. The summed E-state index contributed by atoms with van der Waals surface area (Å²) in [6.45, 7) is 8.87. The number of hydrogen-bond acceptors (Lipinski definition) is 4. The van der Waals surface area contributed by atoms with E-state index in [4.69, 9.17) is 4.74 Å². The first kappa shape index (κ1) is 22.5. The Labute approximate surface area is 173 Å². The maximum absolute atomic E-state index is 12.8. The lowest BCUT2D eigenvalue weighted by Gasteiger charge is -2.19. The van der Waals surface area contributed by atoms with E-state index in [1.807, 2.05) is 52.0 Å². The zero-order valence-corrected chi connectivity index (χ0v) is 18.1. The molecular weight excluding hydrogens is 364 g/mol. The summed E-state index contributed by atoms with van der Waals surface area (Å²) in [5.41, 5.74) is 4.06. The van der Waals surface area contributed by atoms with Crippen LogP contribution in [0.1, 0.15) is 72.4 Å². The predicted molar refractivity (Wildman–Crippen MR) is 117 cm³/mol. The van der Waals surface area contributed by atoms with E-state index < -0.39 is 0 Å². The van der Waals surface area contributed by atoms with Gasteiger partial charge in [-0.1, -0.05) is 52.0 Å². The van der Waals surface area contributed by atoms with Gasteiger partial charge in [0.1, 0.15) is 0 Å². The molecule has 29 heavy (non-hydrogen) atoms. The maximum Gasteiger partial charge on any atom is 0.337 e. The molecule has 1 heterocycles. The number of methoxy groups -OCH3 is 1. The molecule has 4 rings (SSSR count). The minimum atomic E-state index is -0.355. The van der Waals surface area contributed by atoms with Gasteiger partial charge in [-0.25, -0.2) is 4.79 Å². The molecular formula is C24H32N2O3. The zero-order valence-electron chi connectivity index (χ0n) is 18.1. The number of carbonyl (C=O) groups is 2. The first-order valence-corrected chi connectivity index (χ1v) is 10.5. The van der Waals surface area contributed by atoms with Gasteiger partial charge in [-0.2, -0.15) is 0 Å². The highest BCUT2D eigenvalue weighted by Gasteiger charge is 2.46. The second kappa shape index (κ2) is 10.1. The molecule has 156 valence electrons. The molecule has 0 unspecified atom stereocenters. The van der Waals surface area contributed by atoms with E-state index in [2.05, 4.69) is 16.7 Å². The minimum Gasteiger partial charge on any atom is -0.465 e. The molecule has 0 atom stereocenters. The third-order valence-electron chi connectivity index (χ3n) is 5.05.